The topological polar surface area (TPSA) is 140 Å². The summed E-state index contributed by atoms with van der Waals surface area (Å²) >= 11 is 0. The Morgan fingerprint density at radius 1 is 0.600 bits per heavy atom. The maximum absolute atomic E-state index is 12.1. The fourth-order valence-corrected chi connectivity index (χ4v) is 2.89. The third-order valence-electron chi connectivity index (χ3n) is 5.29. The van der Waals surface area contributed by atoms with Crippen molar-refractivity contribution >= 4 is 23.4 Å². The Morgan fingerprint density at radius 2 is 0.900 bits per heavy atom. The Hall–Kier alpha value is -2.74. The number of carbonyl (C=O) groups excluding carboxylic acids is 4. The highest BCUT2D eigenvalue weighted by atomic mass is 16.2. The van der Waals surface area contributed by atoms with Crippen molar-refractivity contribution < 1.29 is 19.2 Å². The maximum atomic E-state index is 12.1. The zero-order valence-electron chi connectivity index (χ0n) is 18.6. The van der Waals surface area contributed by atoms with Crippen LogP contribution in [0.25, 0.3) is 0 Å². The lowest BCUT2D eigenvalue weighted by atomic mass is 9.81. The normalized spacial score (nSPS) is 11.1. The number of nitrogens with one attached hydrogen (secondary N) is 2. The van der Waals surface area contributed by atoms with E-state index < -0.39 is 0 Å². The second-order valence-corrected chi connectivity index (χ2v) is 9.23. The van der Waals surface area contributed by atoms with E-state index in [4.69, 9.17) is 10.5 Å². The molecule has 8 nitrogen and oxygen atoms in total. The highest BCUT2D eigenvalue weighted by Gasteiger charge is 2.22. The van der Waals surface area contributed by atoms with Crippen LogP contribution in [0, 0.1) is 33.7 Å². The number of hydrogen-bond acceptors (Lipinski definition) is 6. The number of amides is 2. The number of nitriles is 2. The Morgan fingerprint density at radius 3 is 1.20 bits per heavy atom. The summed E-state index contributed by atoms with van der Waals surface area (Å²) in [6.45, 7) is 7.90. The molecular weight excluding hydrogens is 384 g/mol. The lowest BCUT2D eigenvalue weighted by Crippen LogP contribution is -2.22. The van der Waals surface area contributed by atoms with Crippen molar-refractivity contribution in [2.24, 2.45) is 10.8 Å². The van der Waals surface area contributed by atoms with Gasteiger partial charge in [0.1, 0.15) is 11.6 Å². The summed E-state index contributed by atoms with van der Waals surface area (Å²) < 4.78 is 0. The van der Waals surface area contributed by atoms with Crippen molar-refractivity contribution in [2.75, 3.05) is 0 Å². The molecule has 2 amide bonds. The zero-order valence-corrected chi connectivity index (χ0v) is 18.6. The van der Waals surface area contributed by atoms with Crippen LogP contribution in [-0.2, 0) is 19.2 Å². The summed E-state index contributed by atoms with van der Waals surface area (Å²) in [6, 6.07) is 0. The van der Waals surface area contributed by atoms with E-state index in [9.17, 15) is 19.2 Å². The quantitative estimate of drug-likeness (QED) is 0.309. The van der Waals surface area contributed by atoms with Crippen LogP contribution in [0.5, 0.6) is 0 Å². The molecular formula is C22H34N4O4. The first-order valence-electron chi connectivity index (χ1n) is 10.3. The summed E-state index contributed by atoms with van der Waals surface area (Å²) in [5, 5.41) is 21.0. The maximum Gasteiger partial charge on any atom is 0.232 e. The molecule has 0 aliphatic heterocycles. The van der Waals surface area contributed by atoms with Crippen LogP contribution in [0.2, 0.25) is 0 Å². The van der Waals surface area contributed by atoms with Crippen LogP contribution in [0.4, 0.5) is 0 Å². The molecule has 0 aromatic heterocycles. The fraction of sp³-hybridized carbons (Fsp3) is 0.727. The van der Waals surface area contributed by atoms with Crippen LogP contribution >= 0.6 is 0 Å². The van der Waals surface area contributed by atoms with Gasteiger partial charge in [0.25, 0.3) is 0 Å². The first-order valence-corrected chi connectivity index (χ1v) is 10.3. The Kier molecular flexibility index (Phi) is 12.2. The van der Waals surface area contributed by atoms with Crippen molar-refractivity contribution in [3.63, 3.8) is 0 Å². The van der Waals surface area contributed by atoms with Crippen LogP contribution in [0.1, 0.15) is 91.9 Å². The van der Waals surface area contributed by atoms with Gasteiger partial charge in [-0.2, -0.15) is 10.5 Å². The average molecular weight is 419 g/mol. The lowest BCUT2D eigenvalue weighted by molar-refractivity contribution is -0.125. The van der Waals surface area contributed by atoms with Crippen molar-refractivity contribution in [2.45, 2.75) is 91.9 Å². The minimum absolute atomic E-state index is 0.0327. The van der Waals surface area contributed by atoms with E-state index >= 15 is 0 Å². The number of nitrogens with zero attached hydrogens (tertiary/aromatic N) is 2. The highest BCUT2D eigenvalue weighted by molar-refractivity contribution is 5.86. The Balaban J connectivity index is 4.14. The van der Waals surface area contributed by atoms with Gasteiger partial charge >= 0.3 is 0 Å². The fourth-order valence-electron chi connectivity index (χ4n) is 2.89. The molecule has 0 aromatic rings. The van der Waals surface area contributed by atoms with E-state index in [-0.39, 0.29) is 59.9 Å². The minimum Gasteiger partial charge on any atom is -0.300 e. The molecule has 0 unspecified atom stereocenters. The molecule has 166 valence electrons. The number of rotatable bonds is 15. The van der Waals surface area contributed by atoms with E-state index in [0.717, 1.165) is 0 Å². The van der Waals surface area contributed by atoms with Crippen molar-refractivity contribution in [3.05, 3.63) is 0 Å². The second-order valence-electron chi connectivity index (χ2n) is 9.23. The lowest BCUT2D eigenvalue weighted by Gasteiger charge is -2.24. The molecule has 8 heteroatoms. The number of carbonyl (C=O) groups is 4. The molecule has 0 saturated heterocycles. The van der Waals surface area contributed by atoms with Crippen molar-refractivity contribution in [1.29, 1.82) is 10.5 Å². The summed E-state index contributed by atoms with van der Waals surface area (Å²) in [7, 11) is 0. The van der Waals surface area contributed by atoms with E-state index in [1.54, 1.807) is 12.4 Å². The van der Waals surface area contributed by atoms with Crippen molar-refractivity contribution in [1.82, 2.24) is 10.6 Å². The molecule has 0 bridgehead atoms. The molecule has 0 aliphatic carbocycles. The van der Waals surface area contributed by atoms with Gasteiger partial charge in [-0.3, -0.25) is 29.8 Å². The van der Waals surface area contributed by atoms with Gasteiger partial charge < -0.3 is 0 Å². The molecule has 0 heterocycles. The number of ketones is 2. The van der Waals surface area contributed by atoms with Gasteiger partial charge in [0.05, 0.1) is 0 Å². The predicted molar refractivity (Wildman–Crippen MR) is 111 cm³/mol. The average Bonchev–Trinajstić information content (AvgIpc) is 2.67. The molecule has 2 N–H and O–H groups in total. The molecule has 30 heavy (non-hydrogen) atoms. The first-order chi connectivity index (χ1) is 13.9. The summed E-state index contributed by atoms with van der Waals surface area (Å²) in [4.78, 5) is 47.0. The zero-order chi connectivity index (χ0) is 23.2. The second kappa shape index (κ2) is 13.5. The predicted octanol–water partition coefficient (Wildman–Crippen LogP) is 3.27. The van der Waals surface area contributed by atoms with E-state index in [2.05, 4.69) is 10.6 Å². The van der Waals surface area contributed by atoms with Crippen LogP contribution in [0.3, 0.4) is 0 Å². The van der Waals surface area contributed by atoms with Crippen LogP contribution < -0.4 is 10.6 Å². The number of hydrogen-bond donors (Lipinski definition) is 2. The molecule has 0 fully saturated rings. The van der Waals surface area contributed by atoms with E-state index in [1.807, 2.05) is 27.7 Å². The molecule has 0 saturated carbocycles. The Labute approximate surface area is 179 Å². The number of Topliss-reactive ketones (excluding diaryl/α,β-unsaturated/α-hetero) is 2. The van der Waals surface area contributed by atoms with Gasteiger partial charge in [0.2, 0.25) is 11.8 Å². The molecule has 0 spiro atoms. The van der Waals surface area contributed by atoms with Gasteiger partial charge in [-0.05, 0) is 36.5 Å². The van der Waals surface area contributed by atoms with Crippen molar-refractivity contribution in [3.8, 4) is 12.4 Å². The van der Waals surface area contributed by atoms with Crippen LogP contribution in [0.15, 0.2) is 0 Å². The molecule has 0 atom stereocenters. The van der Waals surface area contributed by atoms with Gasteiger partial charge in [-0.1, -0.05) is 27.7 Å². The first kappa shape index (κ1) is 27.3. The summed E-state index contributed by atoms with van der Waals surface area (Å²) in [5.74, 6) is -0.581. The minimum atomic E-state index is -0.323. The summed E-state index contributed by atoms with van der Waals surface area (Å²) in [5.41, 5.74) is -0.400. The van der Waals surface area contributed by atoms with Crippen LogP contribution in [-0.4, -0.2) is 23.4 Å². The molecule has 0 aliphatic rings. The van der Waals surface area contributed by atoms with Gasteiger partial charge in [0.15, 0.2) is 12.4 Å². The third kappa shape index (κ3) is 14.3. The Bertz CT molecular complexity index is 639. The van der Waals surface area contributed by atoms with E-state index in [1.165, 1.54) is 0 Å². The summed E-state index contributed by atoms with van der Waals surface area (Å²) in [6.07, 6.45) is 7.24. The van der Waals surface area contributed by atoms with E-state index in [0.29, 0.717) is 38.5 Å². The standard InChI is InChI=1S/C22H34N4O4/c1-21(2,13-9-19(29)25-15-23)11-7-17(27)5-6-18(28)8-12-22(3,4)14-10-20(30)26-16-24/h5-14H2,1-4H3,(H,25,29)(H,26,30). The monoisotopic (exact) mass is 418 g/mol. The molecule has 0 aromatic carbocycles. The SMILES string of the molecule is CC(C)(CCC(=O)CCC(=O)CCC(C)(C)CCC(=O)NC#N)CCC(=O)NC#N. The van der Waals surface area contributed by atoms with Gasteiger partial charge in [-0.25, -0.2) is 0 Å². The smallest absolute Gasteiger partial charge is 0.232 e. The van der Waals surface area contributed by atoms with Gasteiger partial charge in [0, 0.05) is 38.5 Å². The molecule has 0 rings (SSSR count). The largest absolute Gasteiger partial charge is 0.300 e. The molecule has 0 radical (unpaired) electrons. The van der Waals surface area contributed by atoms with Gasteiger partial charge in [-0.15, -0.1) is 0 Å². The highest BCUT2D eigenvalue weighted by Crippen LogP contribution is 2.30. The third-order valence-corrected chi connectivity index (χ3v) is 5.29.